The first-order chi connectivity index (χ1) is 20.7. The number of hydrogen-bond donors (Lipinski definition) is 1. The van der Waals surface area contributed by atoms with E-state index in [1.165, 1.54) is 11.3 Å². The first-order valence-electron chi connectivity index (χ1n) is 14.4. The van der Waals surface area contributed by atoms with Gasteiger partial charge in [0.25, 0.3) is 5.91 Å². The average molecular weight is 629 g/mol. The molecule has 1 saturated heterocycles. The van der Waals surface area contributed by atoms with Crippen LogP contribution in [-0.4, -0.2) is 81.9 Å². The fourth-order valence-corrected chi connectivity index (χ4v) is 6.97. The molecule has 3 aromatic heterocycles. The number of aromatic nitrogens is 2. The second-order valence-corrected chi connectivity index (χ2v) is 12.7. The molecule has 1 aliphatic rings. The van der Waals surface area contributed by atoms with E-state index >= 15 is 0 Å². The number of fused-ring (bicyclic) bond motifs is 1. The van der Waals surface area contributed by atoms with Gasteiger partial charge < -0.3 is 33.5 Å². The van der Waals surface area contributed by atoms with Crippen molar-refractivity contribution in [1.82, 2.24) is 19.5 Å². The van der Waals surface area contributed by atoms with Gasteiger partial charge in [0.1, 0.15) is 28.9 Å². The molecular weight excluding hydrogens is 592 g/mol. The van der Waals surface area contributed by atoms with E-state index in [2.05, 4.69) is 23.9 Å². The summed E-state index contributed by atoms with van der Waals surface area (Å²) in [6.45, 7) is 7.87. The number of likely N-dealkylation sites (tertiary alicyclic amines) is 1. The number of carbonyl (C=O) groups excluding carboxylic acids is 1. The van der Waals surface area contributed by atoms with Crippen molar-refractivity contribution in [2.24, 2.45) is 0 Å². The van der Waals surface area contributed by atoms with Crippen LogP contribution < -0.4 is 9.47 Å². The molecule has 1 amide bonds. The van der Waals surface area contributed by atoms with E-state index in [0.717, 1.165) is 18.0 Å². The first kappa shape index (κ1) is 30.9. The van der Waals surface area contributed by atoms with Gasteiger partial charge in [0.15, 0.2) is 5.76 Å². The zero-order valence-corrected chi connectivity index (χ0v) is 26.6. The first-order valence-corrected chi connectivity index (χ1v) is 15.6. The van der Waals surface area contributed by atoms with Crippen molar-refractivity contribution < 1.29 is 28.7 Å². The van der Waals surface area contributed by atoms with Gasteiger partial charge in [-0.25, -0.2) is 4.79 Å². The summed E-state index contributed by atoms with van der Waals surface area (Å²) in [6, 6.07) is 10.0. The highest BCUT2D eigenvalue weighted by atomic mass is 35.5. The summed E-state index contributed by atoms with van der Waals surface area (Å²) in [6.07, 6.45) is 1.67. The minimum atomic E-state index is -1.02. The molecular formula is C31H37ClN4O6S. The van der Waals surface area contributed by atoms with Crippen molar-refractivity contribution in [3.63, 3.8) is 0 Å². The topological polar surface area (TPSA) is 110 Å². The van der Waals surface area contributed by atoms with Crippen molar-refractivity contribution in [2.75, 3.05) is 27.3 Å². The molecule has 43 heavy (non-hydrogen) atoms. The molecule has 1 aromatic carbocycles. The van der Waals surface area contributed by atoms with E-state index < -0.39 is 12.0 Å². The number of benzene rings is 1. The molecule has 0 radical (unpaired) electrons. The van der Waals surface area contributed by atoms with E-state index in [9.17, 15) is 14.7 Å². The maximum atomic E-state index is 14.7. The fraction of sp³-hybridized carbons (Fsp3) is 0.452. The quantitative estimate of drug-likeness (QED) is 0.207. The highest BCUT2D eigenvalue weighted by Gasteiger charge is 2.38. The summed E-state index contributed by atoms with van der Waals surface area (Å²) >= 11 is 7.51. The molecule has 1 aliphatic heterocycles. The Hall–Kier alpha value is -3.54. The van der Waals surface area contributed by atoms with Gasteiger partial charge in [0.05, 0.1) is 35.5 Å². The number of ether oxygens (including phenoxy) is 2. The lowest BCUT2D eigenvalue weighted by atomic mass is 9.98. The zero-order valence-electron chi connectivity index (χ0n) is 25.0. The number of nitrogens with zero attached hydrogens (tertiary/aromatic N) is 4. The van der Waals surface area contributed by atoms with Gasteiger partial charge in [-0.2, -0.15) is 0 Å². The highest BCUT2D eigenvalue weighted by molar-refractivity contribution is 7.19. The molecule has 1 unspecified atom stereocenters. The van der Waals surface area contributed by atoms with E-state index in [1.807, 2.05) is 16.7 Å². The average Bonchev–Trinajstić information content (AvgIpc) is 3.74. The van der Waals surface area contributed by atoms with Crippen LogP contribution in [0.15, 0.2) is 40.9 Å². The third-order valence-electron chi connectivity index (χ3n) is 8.20. The van der Waals surface area contributed by atoms with Crippen LogP contribution in [0.5, 0.6) is 11.5 Å². The van der Waals surface area contributed by atoms with E-state index in [0.29, 0.717) is 62.8 Å². The van der Waals surface area contributed by atoms with Crippen molar-refractivity contribution in [3.05, 3.63) is 52.1 Å². The lowest BCUT2D eigenvalue weighted by Gasteiger charge is -2.42. The Labute approximate surface area is 259 Å². The lowest BCUT2D eigenvalue weighted by Crippen LogP contribution is -2.55. The Balaban J connectivity index is 1.62. The molecule has 0 aliphatic carbocycles. The molecule has 10 nitrogen and oxygen atoms in total. The van der Waals surface area contributed by atoms with Crippen LogP contribution in [0, 0.1) is 0 Å². The summed E-state index contributed by atoms with van der Waals surface area (Å²) in [4.78, 5) is 32.0. The summed E-state index contributed by atoms with van der Waals surface area (Å²) < 4.78 is 19.5. The van der Waals surface area contributed by atoms with Crippen molar-refractivity contribution in [3.8, 4) is 22.1 Å². The van der Waals surface area contributed by atoms with Crippen LogP contribution in [0.25, 0.3) is 21.5 Å². The lowest BCUT2D eigenvalue weighted by molar-refractivity contribution is -0.143. The summed E-state index contributed by atoms with van der Waals surface area (Å²) in [5, 5.41) is 15.2. The number of rotatable bonds is 11. The van der Waals surface area contributed by atoms with Gasteiger partial charge in [-0.3, -0.25) is 4.79 Å². The van der Waals surface area contributed by atoms with E-state index in [1.54, 1.807) is 50.3 Å². The van der Waals surface area contributed by atoms with Gasteiger partial charge >= 0.3 is 5.97 Å². The number of aliphatic carboxylic acids is 1. The summed E-state index contributed by atoms with van der Waals surface area (Å²) in [5.41, 5.74) is 1.55. The molecule has 1 N–H and O–H groups in total. The number of halogens is 1. The molecule has 1 atom stereocenters. The Morgan fingerprint density at radius 1 is 1.14 bits per heavy atom. The Morgan fingerprint density at radius 3 is 2.42 bits per heavy atom. The third-order valence-corrected chi connectivity index (χ3v) is 9.45. The van der Waals surface area contributed by atoms with Crippen LogP contribution in [0.4, 0.5) is 0 Å². The van der Waals surface area contributed by atoms with Gasteiger partial charge in [0, 0.05) is 36.6 Å². The molecule has 0 spiro atoms. The SMILES string of the molecule is CCC(C(=O)O)N(C(=O)c1cc2c(OC)ccc(OC)c2n1Cc1cc(-c2ccc(Cl)s2)on1)C1CCN(C(C)C)CC1. The van der Waals surface area contributed by atoms with Crippen LogP contribution in [-0.2, 0) is 11.3 Å². The van der Waals surface area contributed by atoms with Gasteiger partial charge in [0.2, 0.25) is 0 Å². The highest BCUT2D eigenvalue weighted by Crippen LogP contribution is 2.38. The minimum absolute atomic E-state index is 0.181. The summed E-state index contributed by atoms with van der Waals surface area (Å²) in [7, 11) is 3.14. The number of carboxylic acids is 1. The van der Waals surface area contributed by atoms with Crippen LogP contribution in [0.3, 0.4) is 0 Å². The molecule has 4 aromatic rings. The predicted octanol–water partition coefficient (Wildman–Crippen LogP) is 6.25. The maximum Gasteiger partial charge on any atom is 0.326 e. The Bertz CT molecular complexity index is 1600. The van der Waals surface area contributed by atoms with Crippen molar-refractivity contribution in [2.45, 2.75) is 64.7 Å². The largest absolute Gasteiger partial charge is 0.496 e. The van der Waals surface area contributed by atoms with Gasteiger partial charge in [-0.15, -0.1) is 11.3 Å². The molecule has 12 heteroatoms. The molecule has 1 fully saturated rings. The second kappa shape index (κ2) is 13.0. The molecule has 0 bridgehead atoms. The minimum Gasteiger partial charge on any atom is -0.496 e. The monoisotopic (exact) mass is 628 g/mol. The number of carbonyl (C=O) groups is 2. The number of carboxylic acid groups (broad SMARTS) is 1. The number of piperidine rings is 1. The normalized spacial score (nSPS) is 15.2. The van der Waals surface area contributed by atoms with Crippen LogP contribution in [0.2, 0.25) is 4.34 Å². The van der Waals surface area contributed by atoms with Crippen molar-refractivity contribution >= 4 is 45.7 Å². The molecule has 4 heterocycles. The zero-order chi connectivity index (χ0) is 30.8. The van der Waals surface area contributed by atoms with Crippen LogP contribution in [0.1, 0.15) is 56.2 Å². The van der Waals surface area contributed by atoms with Crippen molar-refractivity contribution in [1.29, 1.82) is 0 Å². The predicted molar refractivity (Wildman–Crippen MR) is 167 cm³/mol. The van der Waals surface area contributed by atoms with Gasteiger partial charge in [-0.05, 0) is 63.4 Å². The van der Waals surface area contributed by atoms with E-state index in [4.69, 9.17) is 25.6 Å². The number of hydrogen-bond acceptors (Lipinski definition) is 8. The van der Waals surface area contributed by atoms with E-state index in [-0.39, 0.29) is 24.9 Å². The maximum absolute atomic E-state index is 14.7. The fourth-order valence-electron chi connectivity index (χ4n) is 5.98. The molecule has 5 rings (SSSR count). The number of methoxy groups -OCH3 is 2. The number of amides is 1. The smallest absolute Gasteiger partial charge is 0.326 e. The molecule has 230 valence electrons. The Kier molecular flexibility index (Phi) is 9.33. The second-order valence-electron chi connectivity index (χ2n) is 11.0. The number of thiophene rings is 1. The third kappa shape index (κ3) is 6.11. The Morgan fingerprint density at radius 2 is 1.84 bits per heavy atom. The van der Waals surface area contributed by atoms with Gasteiger partial charge in [-0.1, -0.05) is 23.7 Å². The van der Waals surface area contributed by atoms with Crippen LogP contribution >= 0.6 is 22.9 Å². The standard InChI is InChI=1S/C31H37ClN4O6S/c1-6-22(31(38)39)36(20-11-13-34(14-12-20)18(2)3)30(37)23-16-21-24(40-4)7-8-25(41-5)29(21)35(23)17-19-15-26(42-33-19)27-9-10-28(32)43-27/h7-10,15-16,18,20,22H,6,11-14,17H2,1-5H3,(H,38,39). The molecule has 0 saturated carbocycles. The summed E-state index contributed by atoms with van der Waals surface area (Å²) in [5.74, 6) is 0.309.